The number of piperidine rings is 2. The van der Waals surface area contributed by atoms with Crippen molar-refractivity contribution in [3.63, 3.8) is 0 Å². The van der Waals surface area contributed by atoms with Crippen molar-refractivity contribution in [1.82, 2.24) is 25.1 Å². The largest absolute Gasteiger partial charge is 0.386 e. The molecule has 3 fully saturated rings. The minimum absolute atomic E-state index is 0.0294. The van der Waals surface area contributed by atoms with Crippen LogP contribution < -0.4 is 16.0 Å². The van der Waals surface area contributed by atoms with Gasteiger partial charge in [0.15, 0.2) is 0 Å². The van der Waals surface area contributed by atoms with Crippen LogP contribution in [0, 0.1) is 24.6 Å². The van der Waals surface area contributed by atoms with Crippen LogP contribution in [-0.4, -0.2) is 86.6 Å². The van der Waals surface area contributed by atoms with E-state index in [0.717, 1.165) is 90.8 Å². The minimum Gasteiger partial charge on any atom is -0.386 e. The van der Waals surface area contributed by atoms with Gasteiger partial charge in [0.1, 0.15) is 17.6 Å². The number of likely N-dealkylation sites (tertiary alicyclic amines) is 1. The maximum Gasteiger partial charge on any atom is 0.274 e. The van der Waals surface area contributed by atoms with Gasteiger partial charge in [0.2, 0.25) is 11.8 Å². The van der Waals surface area contributed by atoms with E-state index >= 15 is 0 Å². The van der Waals surface area contributed by atoms with Crippen LogP contribution >= 0.6 is 11.3 Å². The Morgan fingerprint density at radius 3 is 2.42 bits per heavy atom. The molecule has 1 unspecified atom stereocenters. The predicted octanol–water partition coefficient (Wildman–Crippen LogP) is 6.51. The molecule has 0 bridgehead atoms. The number of imide groups is 2. The molecule has 5 heterocycles. The number of aromatic nitrogens is 2. The molecule has 2 aromatic carbocycles. The third-order valence-corrected chi connectivity index (χ3v) is 13.5. The van der Waals surface area contributed by atoms with Crippen LogP contribution in [0.2, 0.25) is 0 Å². The first-order valence-corrected chi connectivity index (χ1v) is 21.5. The minimum atomic E-state index is -1.26. The summed E-state index contributed by atoms with van der Waals surface area (Å²) < 4.78 is 14.9. The average Bonchev–Trinajstić information content (AvgIpc) is 3.72. The molecule has 5 amide bonds. The van der Waals surface area contributed by atoms with Crippen LogP contribution in [0.3, 0.4) is 0 Å². The molecule has 3 aliphatic heterocycles. The highest BCUT2D eigenvalue weighted by Gasteiger charge is 2.45. The van der Waals surface area contributed by atoms with Crippen molar-refractivity contribution >= 4 is 62.5 Å². The van der Waals surface area contributed by atoms with E-state index in [4.69, 9.17) is 4.98 Å². The lowest BCUT2D eigenvalue weighted by Gasteiger charge is -2.36. The Morgan fingerprint density at radius 1 is 0.949 bits per heavy atom. The molecule has 1 saturated carbocycles. The number of hydrogen-bond donors (Lipinski definition) is 4. The molecule has 4 aromatic rings. The van der Waals surface area contributed by atoms with E-state index in [9.17, 15) is 33.5 Å². The Labute approximate surface area is 346 Å². The number of anilines is 2. The standard InChI is InChI=1S/C44H50FN7O6S/c1-24-19-28(45)20-34(47-24)39(54)48-32-22-36-33(21-30(32)44(2,3)58)49-41(59-36)27-9-7-26(8-10-27)23-51-17-14-25(15-18-51)13-16-46-31-6-4-5-29-38(31)43(57)52(42(29)56)35-11-12-37(53)50-40(35)55/h4-6,19-22,25-27,35,46,58H,7-18,23H2,1-3H3,(H,48,54)(H,50,53,55). The summed E-state index contributed by atoms with van der Waals surface area (Å²) in [6.07, 6.45) is 7.73. The number of aryl methyl sites for hydroxylation is 1. The van der Waals surface area contributed by atoms with E-state index in [1.54, 1.807) is 50.3 Å². The van der Waals surface area contributed by atoms with Gasteiger partial charge in [0.25, 0.3) is 17.7 Å². The second-order valence-electron chi connectivity index (χ2n) is 17.1. The number of aliphatic hydroxyl groups is 1. The fourth-order valence-electron chi connectivity index (χ4n) is 9.19. The lowest BCUT2D eigenvalue weighted by molar-refractivity contribution is -0.136. The molecule has 0 spiro atoms. The van der Waals surface area contributed by atoms with Gasteiger partial charge in [-0.1, -0.05) is 6.07 Å². The number of amides is 5. The first-order chi connectivity index (χ1) is 28.2. The lowest BCUT2D eigenvalue weighted by Crippen LogP contribution is -2.54. The van der Waals surface area contributed by atoms with Crippen LogP contribution in [0.1, 0.15) is 125 Å². The molecule has 4 aliphatic rings. The van der Waals surface area contributed by atoms with Crippen molar-refractivity contribution in [2.75, 3.05) is 36.8 Å². The van der Waals surface area contributed by atoms with Gasteiger partial charge in [-0.25, -0.2) is 14.4 Å². The fraction of sp³-hybridized carbons (Fsp3) is 0.477. The number of hydrogen-bond acceptors (Lipinski definition) is 11. The maximum atomic E-state index is 14.0. The number of halogens is 1. The highest BCUT2D eigenvalue weighted by atomic mass is 32.1. The summed E-state index contributed by atoms with van der Waals surface area (Å²) in [5, 5.41) is 20.6. The van der Waals surface area contributed by atoms with Gasteiger partial charge < -0.3 is 20.6 Å². The Bertz CT molecular complexity index is 2310. The molecule has 59 heavy (non-hydrogen) atoms. The van der Waals surface area contributed by atoms with Gasteiger partial charge in [-0.15, -0.1) is 11.3 Å². The Kier molecular flexibility index (Phi) is 11.4. The molecular formula is C44H50FN7O6S. The van der Waals surface area contributed by atoms with Gasteiger partial charge in [0, 0.05) is 54.1 Å². The Morgan fingerprint density at radius 2 is 1.71 bits per heavy atom. The molecule has 310 valence electrons. The van der Waals surface area contributed by atoms with E-state index in [0.29, 0.717) is 52.5 Å². The number of carbonyl (C=O) groups is 5. The number of pyridine rings is 1. The fourth-order valence-corrected chi connectivity index (χ4v) is 10.4. The topological polar surface area (TPSA) is 174 Å². The molecule has 2 saturated heterocycles. The van der Waals surface area contributed by atoms with Crippen LogP contribution in [-0.2, 0) is 15.2 Å². The van der Waals surface area contributed by atoms with Crippen LogP contribution in [0.25, 0.3) is 10.2 Å². The Hall–Kier alpha value is -5.12. The van der Waals surface area contributed by atoms with E-state index in [2.05, 4.69) is 25.8 Å². The highest BCUT2D eigenvalue weighted by Crippen LogP contribution is 2.42. The number of rotatable bonds is 11. The smallest absolute Gasteiger partial charge is 0.274 e. The number of thiazole rings is 1. The average molecular weight is 824 g/mol. The summed E-state index contributed by atoms with van der Waals surface area (Å²) in [7, 11) is 0. The first kappa shape index (κ1) is 40.7. The summed E-state index contributed by atoms with van der Waals surface area (Å²) in [6.45, 7) is 8.81. The van der Waals surface area contributed by atoms with Crippen molar-refractivity contribution in [3.8, 4) is 0 Å². The van der Waals surface area contributed by atoms with Gasteiger partial charge in [-0.3, -0.25) is 34.2 Å². The third-order valence-electron chi connectivity index (χ3n) is 12.4. The van der Waals surface area contributed by atoms with E-state index < -0.39 is 47.0 Å². The summed E-state index contributed by atoms with van der Waals surface area (Å²) >= 11 is 1.63. The summed E-state index contributed by atoms with van der Waals surface area (Å²) in [5.41, 5.74) is 2.05. The van der Waals surface area contributed by atoms with Gasteiger partial charge >= 0.3 is 0 Å². The van der Waals surface area contributed by atoms with Crippen molar-refractivity contribution in [3.05, 3.63) is 81.4 Å². The monoisotopic (exact) mass is 823 g/mol. The molecule has 1 aliphatic carbocycles. The normalized spacial score (nSPS) is 21.8. The zero-order valence-electron chi connectivity index (χ0n) is 33.6. The van der Waals surface area contributed by atoms with Crippen molar-refractivity contribution in [2.24, 2.45) is 11.8 Å². The molecule has 8 rings (SSSR count). The van der Waals surface area contributed by atoms with Crippen LogP contribution in [0.4, 0.5) is 15.8 Å². The summed E-state index contributed by atoms with van der Waals surface area (Å²) in [6, 6.07) is 10.2. The van der Waals surface area contributed by atoms with Crippen molar-refractivity contribution in [1.29, 1.82) is 0 Å². The van der Waals surface area contributed by atoms with Crippen LogP contribution in [0.5, 0.6) is 0 Å². The SMILES string of the molecule is Cc1cc(F)cc(C(=O)Nc2cc3sc(C4CCC(CN5CCC(CCNc6cccc7c6C(=O)N(C6CCC(=O)NC6=O)C7=O)CC5)CC4)nc3cc2C(C)(C)O)n1. The first-order valence-electron chi connectivity index (χ1n) is 20.7. The van der Waals surface area contributed by atoms with E-state index in [1.165, 1.54) is 6.07 Å². The molecule has 0 radical (unpaired) electrons. The highest BCUT2D eigenvalue weighted by molar-refractivity contribution is 7.18. The third kappa shape index (κ3) is 8.64. The van der Waals surface area contributed by atoms with Gasteiger partial charge in [-0.05, 0) is 127 Å². The van der Waals surface area contributed by atoms with E-state index in [-0.39, 0.29) is 24.1 Å². The Balaban J connectivity index is 0.809. The number of fused-ring (bicyclic) bond motifs is 2. The van der Waals surface area contributed by atoms with Gasteiger partial charge in [0.05, 0.1) is 32.0 Å². The zero-order valence-corrected chi connectivity index (χ0v) is 34.4. The number of nitrogens with zero attached hydrogens (tertiary/aromatic N) is 4. The second-order valence-corrected chi connectivity index (χ2v) is 18.2. The number of benzene rings is 2. The number of carbonyl (C=O) groups excluding carboxylic acids is 5. The van der Waals surface area contributed by atoms with Gasteiger partial charge in [-0.2, -0.15) is 0 Å². The van der Waals surface area contributed by atoms with Crippen LogP contribution in [0.15, 0.2) is 42.5 Å². The quantitative estimate of drug-likeness (QED) is 0.122. The zero-order chi connectivity index (χ0) is 41.6. The lowest BCUT2D eigenvalue weighted by atomic mass is 9.81. The molecule has 1 atom stereocenters. The summed E-state index contributed by atoms with van der Waals surface area (Å²) in [4.78, 5) is 76.7. The van der Waals surface area contributed by atoms with Crippen molar-refractivity contribution < 1.29 is 33.5 Å². The molecule has 4 N–H and O–H groups in total. The maximum absolute atomic E-state index is 14.0. The second kappa shape index (κ2) is 16.5. The molecular weight excluding hydrogens is 774 g/mol. The molecule has 13 nitrogen and oxygen atoms in total. The van der Waals surface area contributed by atoms with E-state index in [1.807, 2.05) is 12.1 Å². The summed E-state index contributed by atoms with van der Waals surface area (Å²) in [5.74, 6) is -1.57. The molecule has 2 aromatic heterocycles. The molecule has 15 heteroatoms. The van der Waals surface area contributed by atoms with Crippen molar-refractivity contribution in [2.45, 2.75) is 96.1 Å². The number of nitrogens with one attached hydrogen (secondary N) is 3. The predicted molar refractivity (Wildman–Crippen MR) is 222 cm³/mol.